The van der Waals surface area contributed by atoms with E-state index in [1.807, 2.05) is 0 Å². The molecule has 0 N–H and O–H groups in total. The third-order valence-electron chi connectivity index (χ3n) is 9.18. The fraction of sp³-hybridized carbons (Fsp3) is 0.778. The Bertz CT molecular complexity index is 898. The van der Waals surface area contributed by atoms with E-state index >= 15 is 0 Å². The third kappa shape index (κ3) is 10.5. The van der Waals surface area contributed by atoms with Crippen LogP contribution in [-0.2, 0) is 25.9 Å². The van der Waals surface area contributed by atoms with Gasteiger partial charge in [0.2, 0.25) is 0 Å². The minimum absolute atomic E-state index is 0.294. The van der Waals surface area contributed by atoms with Crippen molar-refractivity contribution in [2.24, 2.45) is 0 Å². The highest BCUT2D eigenvalue weighted by atomic mass is 16.6. The maximum atomic E-state index is 12.7. The second-order valence-corrected chi connectivity index (χ2v) is 12.9. The van der Waals surface area contributed by atoms with E-state index in [4.69, 9.17) is 9.47 Å². The smallest absolute Gasteiger partial charge is 0.410 e. The first-order valence-corrected chi connectivity index (χ1v) is 17.5. The standard InChI is InChI=1S/C36H60N2O4/c1-5-7-9-11-13-15-17-19-21-23-25-29-31-27-37(3)36(40)42-34(31)30(32-28-38(4)35(39)41-33(29)32)26-24-22-20-18-16-14-12-10-8-6-2/h5-28H2,1-4H3. The molecule has 6 heteroatoms. The normalized spacial score (nSPS) is 14.6. The van der Waals surface area contributed by atoms with E-state index in [-0.39, 0.29) is 12.2 Å². The summed E-state index contributed by atoms with van der Waals surface area (Å²) in [5, 5.41) is 0. The molecule has 1 aromatic carbocycles. The summed E-state index contributed by atoms with van der Waals surface area (Å²) >= 11 is 0. The molecule has 0 fully saturated rings. The number of rotatable bonds is 22. The average molecular weight is 585 g/mol. The molecule has 0 radical (unpaired) electrons. The van der Waals surface area contributed by atoms with Crippen LogP contribution in [0.25, 0.3) is 0 Å². The Morgan fingerprint density at radius 2 is 0.762 bits per heavy atom. The quantitative estimate of drug-likeness (QED) is 0.127. The summed E-state index contributed by atoms with van der Waals surface area (Å²) < 4.78 is 12.0. The molecule has 0 bridgehead atoms. The van der Waals surface area contributed by atoms with Gasteiger partial charge in [0, 0.05) is 36.3 Å². The molecular weight excluding hydrogens is 524 g/mol. The first-order valence-electron chi connectivity index (χ1n) is 17.5. The molecule has 0 unspecified atom stereocenters. The molecule has 0 atom stereocenters. The minimum atomic E-state index is -0.294. The SMILES string of the molecule is CCCCCCCCCCCCc1c2c(c(CCCCCCCCCCCC)c3c1OC(=O)N(C)C3)OC(=O)N(C)C2. The summed E-state index contributed by atoms with van der Waals surface area (Å²) in [5.74, 6) is 1.50. The van der Waals surface area contributed by atoms with Gasteiger partial charge in [0.15, 0.2) is 0 Å². The molecule has 0 saturated carbocycles. The van der Waals surface area contributed by atoms with Gasteiger partial charge in [-0.25, -0.2) is 9.59 Å². The van der Waals surface area contributed by atoms with Gasteiger partial charge in [0.1, 0.15) is 11.5 Å². The zero-order valence-corrected chi connectivity index (χ0v) is 27.5. The summed E-state index contributed by atoms with van der Waals surface area (Å²) in [4.78, 5) is 28.7. The van der Waals surface area contributed by atoms with E-state index in [0.717, 1.165) is 59.4 Å². The van der Waals surface area contributed by atoms with Gasteiger partial charge in [0.25, 0.3) is 0 Å². The Balaban J connectivity index is 1.64. The van der Waals surface area contributed by atoms with Crippen LogP contribution in [0.15, 0.2) is 0 Å². The Morgan fingerprint density at radius 3 is 1.07 bits per heavy atom. The lowest BCUT2D eigenvalue weighted by molar-refractivity contribution is 0.143. The van der Waals surface area contributed by atoms with Crippen LogP contribution in [0.2, 0.25) is 0 Å². The number of ether oxygens (including phenoxy) is 2. The molecule has 238 valence electrons. The second-order valence-electron chi connectivity index (χ2n) is 12.9. The van der Waals surface area contributed by atoms with Gasteiger partial charge < -0.3 is 19.3 Å². The second kappa shape index (κ2) is 19.1. The maximum absolute atomic E-state index is 12.7. The number of unbranched alkanes of at least 4 members (excludes halogenated alkanes) is 18. The van der Waals surface area contributed by atoms with Crippen LogP contribution in [0.4, 0.5) is 9.59 Å². The fourth-order valence-electron chi connectivity index (χ4n) is 6.53. The number of carbonyl (C=O) groups is 2. The number of amides is 2. The van der Waals surface area contributed by atoms with Crippen molar-refractivity contribution in [3.63, 3.8) is 0 Å². The highest BCUT2D eigenvalue weighted by Crippen LogP contribution is 2.45. The molecule has 3 rings (SSSR count). The van der Waals surface area contributed by atoms with Crippen molar-refractivity contribution >= 4 is 12.2 Å². The van der Waals surface area contributed by atoms with Crippen LogP contribution in [0, 0.1) is 0 Å². The third-order valence-corrected chi connectivity index (χ3v) is 9.18. The van der Waals surface area contributed by atoms with Crippen molar-refractivity contribution in [3.8, 4) is 11.5 Å². The van der Waals surface area contributed by atoms with E-state index in [9.17, 15) is 9.59 Å². The Hall–Kier alpha value is -2.24. The first-order chi connectivity index (χ1) is 20.5. The van der Waals surface area contributed by atoms with Crippen molar-refractivity contribution in [1.29, 1.82) is 0 Å². The fourth-order valence-corrected chi connectivity index (χ4v) is 6.53. The minimum Gasteiger partial charge on any atom is -0.410 e. The number of benzene rings is 1. The zero-order valence-electron chi connectivity index (χ0n) is 27.5. The first kappa shape index (κ1) is 34.3. The monoisotopic (exact) mass is 584 g/mol. The molecule has 0 spiro atoms. The molecule has 2 aliphatic heterocycles. The van der Waals surface area contributed by atoms with Crippen LogP contribution in [0.1, 0.15) is 165 Å². The molecular formula is C36H60N2O4. The van der Waals surface area contributed by atoms with Gasteiger partial charge in [-0.3, -0.25) is 0 Å². The van der Waals surface area contributed by atoms with Gasteiger partial charge in [-0.05, 0) is 25.7 Å². The summed E-state index contributed by atoms with van der Waals surface area (Å²) in [7, 11) is 3.58. The summed E-state index contributed by atoms with van der Waals surface area (Å²) in [6.07, 6.45) is 26.8. The average Bonchev–Trinajstić information content (AvgIpc) is 2.97. The lowest BCUT2D eigenvalue weighted by Gasteiger charge is -2.34. The Kier molecular flexibility index (Phi) is 15.6. The van der Waals surface area contributed by atoms with Gasteiger partial charge in [-0.15, -0.1) is 0 Å². The largest absolute Gasteiger partial charge is 0.415 e. The van der Waals surface area contributed by atoms with Crippen molar-refractivity contribution in [3.05, 3.63) is 22.3 Å². The van der Waals surface area contributed by atoms with E-state index in [2.05, 4.69) is 13.8 Å². The molecule has 0 aromatic heterocycles. The van der Waals surface area contributed by atoms with Gasteiger partial charge >= 0.3 is 12.2 Å². The zero-order chi connectivity index (χ0) is 30.2. The van der Waals surface area contributed by atoms with Crippen LogP contribution in [-0.4, -0.2) is 36.1 Å². The van der Waals surface area contributed by atoms with Crippen LogP contribution >= 0.6 is 0 Å². The van der Waals surface area contributed by atoms with E-state index in [0.29, 0.717) is 13.1 Å². The Morgan fingerprint density at radius 1 is 0.476 bits per heavy atom. The van der Waals surface area contributed by atoms with E-state index in [1.165, 1.54) is 116 Å². The molecule has 6 nitrogen and oxygen atoms in total. The molecule has 0 aliphatic carbocycles. The number of fused-ring (bicyclic) bond motifs is 2. The summed E-state index contributed by atoms with van der Waals surface area (Å²) in [5.41, 5.74) is 4.25. The molecule has 2 amide bonds. The van der Waals surface area contributed by atoms with Gasteiger partial charge in [-0.2, -0.15) is 0 Å². The lowest BCUT2D eigenvalue weighted by Crippen LogP contribution is -2.38. The predicted octanol–water partition coefficient (Wildman–Crippen LogP) is 10.5. The topological polar surface area (TPSA) is 59.1 Å². The Labute approximate surface area is 256 Å². The van der Waals surface area contributed by atoms with Gasteiger partial charge in [0.05, 0.1) is 13.1 Å². The predicted molar refractivity (Wildman–Crippen MR) is 173 cm³/mol. The van der Waals surface area contributed by atoms with Gasteiger partial charge in [-0.1, -0.05) is 129 Å². The number of hydrogen-bond acceptors (Lipinski definition) is 4. The molecule has 1 aromatic rings. The van der Waals surface area contributed by atoms with Crippen molar-refractivity contribution in [1.82, 2.24) is 9.80 Å². The van der Waals surface area contributed by atoms with Crippen molar-refractivity contribution < 1.29 is 19.1 Å². The summed E-state index contributed by atoms with van der Waals surface area (Å²) in [6.45, 7) is 5.55. The lowest BCUT2D eigenvalue weighted by atomic mass is 9.88. The van der Waals surface area contributed by atoms with Crippen molar-refractivity contribution in [2.45, 2.75) is 168 Å². The molecule has 0 saturated heterocycles. The molecule has 2 heterocycles. The van der Waals surface area contributed by atoms with E-state index in [1.54, 1.807) is 23.9 Å². The van der Waals surface area contributed by atoms with Crippen LogP contribution in [0.3, 0.4) is 0 Å². The summed E-state index contributed by atoms with van der Waals surface area (Å²) in [6, 6.07) is 0. The van der Waals surface area contributed by atoms with Crippen LogP contribution in [0.5, 0.6) is 11.5 Å². The number of carbonyl (C=O) groups excluding carboxylic acids is 2. The number of nitrogens with zero attached hydrogens (tertiary/aromatic N) is 2. The van der Waals surface area contributed by atoms with E-state index < -0.39 is 0 Å². The molecule has 42 heavy (non-hydrogen) atoms. The number of hydrogen-bond donors (Lipinski definition) is 0. The highest BCUT2D eigenvalue weighted by molar-refractivity contribution is 5.79. The van der Waals surface area contributed by atoms with Crippen LogP contribution < -0.4 is 9.47 Å². The highest BCUT2D eigenvalue weighted by Gasteiger charge is 2.35. The molecule has 2 aliphatic rings. The maximum Gasteiger partial charge on any atom is 0.415 e. The van der Waals surface area contributed by atoms with Crippen molar-refractivity contribution in [2.75, 3.05) is 14.1 Å².